The number of nitrogens with one attached hydrogen (secondary N) is 3. The Hall–Kier alpha value is -4.20. The minimum absolute atomic E-state index is 0.0647. The molecule has 0 aromatic heterocycles. The highest BCUT2D eigenvalue weighted by molar-refractivity contribution is 6.40. The van der Waals surface area contributed by atoms with Crippen LogP contribution in [-0.4, -0.2) is 24.8 Å². The summed E-state index contributed by atoms with van der Waals surface area (Å²) in [6.07, 6.45) is 0. The number of benzene rings is 3. The molecule has 0 bridgehead atoms. The summed E-state index contributed by atoms with van der Waals surface area (Å²) in [6, 6.07) is 19.2. The molecule has 0 aliphatic heterocycles. The van der Waals surface area contributed by atoms with E-state index in [-0.39, 0.29) is 30.2 Å². The molecule has 3 rings (SSSR count). The summed E-state index contributed by atoms with van der Waals surface area (Å²) in [5.74, 6) is -1.91. The normalized spacial score (nSPS) is 10.2. The summed E-state index contributed by atoms with van der Waals surface area (Å²) in [5.41, 5.74) is 1.91. The van der Waals surface area contributed by atoms with Crippen LogP contribution >= 0.6 is 0 Å². The predicted molar refractivity (Wildman–Crippen MR) is 117 cm³/mol. The van der Waals surface area contributed by atoms with E-state index in [1.807, 2.05) is 12.1 Å². The van der Waals surface area contributed by atoms with Gasteiger partial charge in [0.2, 0.25) is 0 Å². The van der Waals surface area contributed by atoms with Crippen molar-refractivity contribution in [2.45, 2.75) is 13.1 Å². The Bertz CT molecular complexity index is 1120. The summed E-state index contributed by atoms with van der Waals surface area (Å²) in [5, 5.41) is 7.70. The highest BCUT2D eigenvalue weighted by atomic mass is 19.1. The fraction of sp³-hybridized carbons (Fsp3) is 0.125. The van der Waals surface area contributed by atoms with E-state index in [0.29, 0.717) is 11.3 Å². The average Bonchev–Trinajstić information content (AvgIpc) is 2.82. The first-order valence-electron chi connectivity index (χ1n) is 9.80. The quantitative estimate of drug-likeness (QED) is 0.497. The van der Waals surface area contributed by atoms with E-state index >= 15 is 0 Å². The third-order valence-corrected chi connectivity index (χ3v) is 4.58. The molecular formula is C24H22FN3O4. The molecule has 3 amide bonds. The number of hydrogen-bond acceptors (Lipinski definition) is 4. The van der Waals surface area contributed by atoms with Crippen LogP contribution in [0.2, 0.25) is 0 Å². The molecule has 164 valence electrons. The molecule has 0 spiro atoms. The van der Waals surface area contributed by atoms with E-state index in [1.165, 1.54) is 30.3 Å². The van der Waals surface area contributed by atoms with Crippen LogP contribution in [0.4, 0.5) is 10.1 Å². The summed E-state index contributed by atoms with van der Waals surface area (Å²) in [6.45, 7) is 0.325. The molecule has 3 aromatic carbocycles. The Morgan fingerprint density at radius 3 is 2.28 bits per heavy atom. The number of carbonyl (C=O) groups is 3. The molecule has 3 N–H and O–H groups in total. The summed E-state index contributed by atoms with van der Waals surface area (Å²) in [4.78, 5) is 37.1. The fourth-order valence-corrected chi connectivity index (χ4v) is 2.89. The Kier molecular flexibility index (Phi) is 7.53. The highest BCUT2D eigenvalue weighted by Crippen LogP contribution is 2.16. The van der Waals surface area contributed by atoms with Crippen LogP contribution in [0, 0.1) is 5.82 Å². The van der Waals surface area contributed by atoms with Crippen molar-refractivity contribution in [3.05, 3.63) is 95.3 Å². The third kappa shape index (κ3) is 6.15. The molecule has 8 heteroatoms. The lowest BCUT2D eigenvalue weighted by Crippen LogP contribution is -2.35. The van der Waals surface area contributed by atoms with Crippen LogP contribution < -0.4 is 20.7 Å². The first-order chi connectivity index (χ1) is 15.5. The zero-order chi connectivity index (χ0) is 22.9. The van der Waals surface area contributed by atoms with E-state index in [1.54, 1.807) is 37.4 Å². The molecule has 3 aromatic rings. The van der Waals surface area contributed by atoms with Crippen molar-refractivity contribution in [3.8, 4) is 5.75 Å². The molecule has 0 aliphatic rings. The van der Waals surface area contributed by atoms with Crippen LogP contribution in [0.5, 0.6) is 5.75 Å². The van der Waals surface area contributed by atoms with Crippen LogP contribution in [0.3, 0.4) is 0 Å². The van der Waals surface area contributed by atoms with Crippen molar-refractivity contribution in [1.82, 2.24) is 10.6 Å². The lowest BCUT2D eigenvalue weighted by atomic mass is 10.1. The minimum atomic E-state index is -0.917. The van der Waals surface area contributed by atoms with Crippen molar-refractivity contribution < 1.29 is 23.5 Å². The standard InChI is InChI=1S/C24H22FN3O4/c1-32-19-6-4-5-17(13-19)15-26-22(29)20-7-2-3-8-21(20)28-24(31)23(30)27-14-16-9-11-18(25)12-10-16/h2-13H,14-15H2,1H3,(H,26,29)(H,27,30)(H,28,31). The maximum atomic E-state index is 13.0. The number of methoxy groups -OCH3 is 1. The first kappa shape index (κ1) is 22.5. The van der Waals surface area contributed by atoms with Gasteiger partial charge in [0, 0.05) is 13.1 Å². The van der Waals surface area contributed by atoms with E-state index in [4.69, 9.17) is 4.74 Å². The van der Waals surface area contributed by atoms with Crippen molar-refractivity contribution in [2.24, 2.45) is 0 Å². The van der Waals surface area contributed by atoms with E-state index in [2.05, 4.69) is 16.0 Å². The molecule has 0 unspecified atom stereocenters. The number of para-hydroxylation sites is 1. The number of halogens is 1. The van der Waals surface area contributed by atoms with Crippen LogP contribution in [0.15, 0.2) is 72.8 Å². The molecule has 0 atom stereocenters. The van der Waals surface area contributed by atoms with Crippen LogP contribution in [0.1, 0.15) is 21.5 Å². The van der Waals surface area contributed by atoms with Crippen LogP contribution in [0.25, 0.3) is 0 Å². The number of anilines is 1. The van der Waals surface area contributed by atoms with Crippen molar-refractivity contribution in [2.75, 3.05) is 12.4 Å². The first-order valence-corrected chi connectivity index (χ1v) is 9.80. The van der Waals surface area contributed by atoms with Crippen molar-refractivity contribution in [1.29, 1.82) is 0 Å². The molecule has 0 saturated heterocycles. The monoisotopic (exact) mass is 435 g/mol. The van der Waals surface area contributed by atoms with Gasteiger partial charge in [0.05, 0.1) is 18.4 Å². The van der Waals surface area contributed by atoms with Gasteiger partial charge in [-0.2, -0.15) is 0 Å². The van der Waals surface area contributed by atoms with Crippen molar-refractivity contribution >= 4 is 23.4 Å². The van der Waals surface area contributed by atoms with Gasteiger partial charge in [0.25, 0.3) is 5.91 Å². The number of ether oxygens (including phenoxy) is 1. The SMILES string of the molecule is COc1cccc(CNC(=O)c2ccccc2NC(=O)C(=O)NCc2ccc(F)cc2)c1. The van der Waals surface area contributed by atoms with Crippen LogP contribution in [-0.2, 0) is 22.7 Å². The van der Waals surface area contributed by atoms with Gasteiger partial charge in [-0.1, -0.05) is 36.4 Å². The molecule has 0 saturated carbocycles. The minimum Gasteiger partial charge on any atom is -0.497 e. The van der Waals surface area contributed by atoms with Gasteiger partial charge in [-0.3, -0.25) is 14.4 Å². The second kappa shape index (κ2) is 10.7. The Morgan fingerprint density at radius 1 is 0.812 bits per heavy atom. The van der Waals surface area contributed by atoms with Gasteiger partial charge in [0.1, 0.15) is 11.6 Å². The largest absolute Gasteiger partial charge is 0.497 e. The maximum Gasteiger partial charge on any atom is 0.313 e. The van der Waals surface area contributed by atoms with Crippen molar-refractivity contribution in [3.63, 3.8) is 0 Å². The number of carbonyl (C=O) groups excluding carboxylic acids is 3. The van der Waals surface area contributed by atoms with Gasteiger partial charge in [0.15, 0.2) is 0 Å². The summed E-state index contributed by atoms with van der Waals surface area (Å²) < 4.78 is 18.1. The molecular weight excluding hydrogens is 413 g/mol. The van der Waals surface area contributed by atoms with E-state index < -0.39 is 17.7 Å². The van der Waals surface area contributed by atoms with Gasteiger partial charge in [-0.15, -0.1) is 0 Å². The number of rotatable bonds is 7. The zero-order valence-electron chi connectivity index (χ0n) is 17.4. The predicted octanol–water partition coefficient (Wildman–Crippen LogP) is 3.02. The summed E-state index contributed by atoms with van der Waals surface area (Å²) >= 11 is 0. The average molecular weight is 435 g/mol. The molecule has 0 fully saturated rings. The molecule has 32 heavy (non-hydrogen) atoms. The topological polar surface area (TPSA) is 96.5 Å². The Balaban J connectivity index is 1.59. The van der Waals surface area contributed by atoms with Gasteiger partial charge in [-0.25, -0.2) is 4.39 Å². The second-order valence-corrected chi connectivity index (χ2v) is 6.84. The molecule has 7 nitrogen and oxygen atoms in total. The summed E-state index contributed by atoms with van der Waals surface area (Å²) in [7, 11) is 1.56. The van der Waals surface area contributed by atoms with E-state index in [0.717, 1.165) is 5.56 Å². The number of amides is 3. The Morgan fingerprint density at radius 2 is 1.53 bits per heavy atom. The van der Waals surface area contributed by atoms with Gasteiger partial charge in [-0.05, 0) is 47.5 Å². The number of hydrogen-bond donors (Lipinski definition) is 3. The fourth-order valence-electron chi connectivity index (χ4n) is 2.89. The van der Waals surface area contributed by atoms with Gasteiger partial charge < -0.3 is 20.7 Å². The lowest BCUT2D eigenvalue weighted by Gasteiger charge is -2.12. The van der Waals surface area contributed by atoms with Gasteiger partial charge >= 0.3 is 11.8 Å². The molecule has 0 heterocycles. The maximum absolute atomic E-state index is 13.0. The zero-order valence-corrected chi connectivity index (χ0v) is 17.4. The highest BCUT2D eigenvalue weighted by Gasteiger charge is 2.17. The lowest BCUT2D eigenvalue weighted by molar-refractivity contribution is -0.136. The third-order valence-electron chi connectivity index (χ3n) is 4.58. The smallest absolute Gasteiger partial charge is 0.313 e. The Labute approximate surface area is 184 Å². The second-order valence-electron chi connectivity index (χ2n) is 6.84. The molecule has 0 aliphatic carbocycles. The van der Waals surface area contributed by atoms with E-state index in [9.17, 15) is 18.8 Å². The molecule has 0 radical (unpaired) electrons.